The lowest BCUT2D eigenvalue weighted by atomic mass is 10.1. The minimum atomic E-state index is -2.86. The molecule has 1 aromatic rings. The molecule has 0 saturated carbocycles. The van der Waals surface area contributed by atoms with Crippen molar-refractivity contribution in [2.75, 3.05) is 12.3 Å². The van der Waals surface area contributed by atoms with Crippen LogP contribution in [-0.4, -0.2) is 17.6 Å². The fraction of sp³-hybridized carbons (Fsp3) is 0.400. The highest BCUT2D eigenvalue weighted by molar-refractivity contribution is 5.73. The second-order valence-corrected chi connectivity index (χ2v) is 3.26. The Hall–Kier alpha value is -1.92. The third-order valence-corrected chi connectivity index (χ3v) is 2.04. The maximum Gasteiger partial charge on any atom is 0.311 e. The van der Waals surface area contributed by atoms with Crippen molar-refractivity contribution in [3.63, 3.8) is 0 Å². The topological polar surface area (TPSA) is 85.2 Å². The minimum Gasteiger partial charge on any atom is -0.466 e. The number of alkyl halides is 2. The van der Waals surface area contributed by atoms with Crippen LogP contribution in [0.15, 0.2) is 10.9 Å². The number of carbonyl (C=O) groups excluding carboxylic acids is 1. The Morgan fingerprint density at radius 3 is 2.76 bits per heavy atom. The molecule has 0 unspecified atom stereocenters. The normalized spacial score (nSPS) is 10.6. The highest BCUT2D eigenvalue weighted by atomic mass is 19.3. The van der Waals surface area contributed by atoms with Gasteiger partial charge in [0.15, 0.2) is 0 Å². The molecule has 0 fully saturated rings. The number of nitrogens with one attached hydrogen (secondary N) is 1. The first-order valence-corrected chi connectivity index (χ1v) is 4.91. The van der Waals surface area contributed by atoms with E-state index in [1.54, 1.807) is 6.92 Å². The van der Waals surface area contributed by atoms with Crippen LogP contribution in [0.1, 0.15) is 24.6 Å². The Labute approximate surface area is 95.6 Å². The number of anilines is 1. The fourth-order valence-corrected chi connectivity index (χ4v) is 1.40. The number of halogens is 2. The van der Waals surface area contributed by atoms with Gasteiger partial charge in [0.25, 0.3) is 6.43 Å². The molecule has 1 heterocycles. The monoisotopic (exact) mass is 246 g/mol. The van der Waals surface area contributed by atoms with E-state index in [0.29, 0.717) is 0 Å². The van der Waals surface area contributed by atoms with Gasteiger partial charge in [-0.15, -0.1) is 0 Å². The van der Waals surface area contributed by atoms with Gasteiger partial charge in [-0.05, 0) is 6.92 Å². The van der Waals surface area contributed by atoms with Gasteiger partial charge in [0, 0.05) is 17.4 Å². The van der Waals surface area contributed by atoms with Crippen LogP contribution in [0, 0.1) is 0 Å². The lowest BCUT2D eigenvalue weighted by molar-refractivity contribution is -0.142. The van der Waals surface area contributed by atoms with Crippen molar-refractivity contribution in [1.82, 2.24) is 4.98 Å². The molecule has 0 saturated heterocycles. The van der Waals surface area contributed by atoms with Crippen molar-refractivity contribution >= 4 is 11.7 Å². The molecular formula is C10H12F2N2O3. The molecule has 0 aromatic carbocycles. The first kappa shape index (κ1) is 13.1. The molecule has 3 N–H and O–H groups in total. The number of rotatable bonds is 4. The molecule has 5 nitrogen and oxygen atoms in total. The number of ether oxygens (including phenoxy) is 1. The summed E-state index contributed by atoms with van der Waals surface area (Å²) < 4.78 is 30.0. The second-order valence-electron chi connectivity index (χ2n) is 3.26. The first-order chi connectivity index (χ1) is 7.95. The Morgan fingerprint density at radius 2 is 2.24 bits per heavy atom. The third-order valence-electron chi connectivity index (χ3n) is 2.04. The summed E-state index contributed by atoms with van der Waals surface area (Å²) in [5.74, 6) is -0.698. The van der Waals surface area contributed by atoms with Crippen LogP contribution in [0.25, 0.3) is 0 Å². The summed E-state index contributed by atoms with van der Waals surface area (Å²) in [6.45, 7) is 1.73. The average molecular weight is 246 g/mol. The summed E-state index contributed by atoms with van der Waals surface area (Å²) in [6, 6.07) is 0.857. The maximum absolute atomic E-state index is 12.7. The lowest BCUT2D eigenvalue weighted by Crippen LogP contribution is -2.18. The number of esters is 1. The van der Waals surface area contributed by atoms with Crippen LogP contribution in [0.2, 0.25) is 0 Å². The zero-order valence-electron chi connectivity index (χ0n) is 9.13. The predicted molar refractivity (Wildman–Crippen MR) is 56.8 cm³/mol. The Bertz CT molecular complexity index is 471. The molecule has 1 aromatic heterocycles. The molecule has 0 bridgehead atoms. The van der Waals surface area contributed by atoms with E-state index in [1.807, 2.05) is 0 Å². The fourth-order valence-electron chi connectivity index (χ4n) is 1.40. The van der Waals surface area contributed by atoms with Gasteiger partial charge in [-0.3, -0.25) is 9.59 Å². The van der Waals surface area contributed by atoms with E-state index in [-0.39, 0.29) is 18.0 Å². The number of H-pyrrole nitrogens is 1. The van der Waals surface area contributed by atoms with Crippen LogP contribution >= 0.6 is 0 Å². The van der Waals surface area contributed by atoms with Crippen LogP contribution in [0.3, 0.4) is 0 Å². The maximum atomic E-state index is 12.7. The van der Waals surface area contributed by atoms with E-state index in [1.165, 1.54) is 0 Å². The molecule has 0 aliphatic carbocycles. The van der Waals surface area contributed by atoms with E-state index < -0.39 is 29.9 Å². The Balaban J connectivity index is 3.12. The zero-order valence-corrected chi connectivity index (χ0v) is 9.13. The highest BCUT2D eigenvalue weighted by Gasteiger charge is 2.20. The molecule has 0 spiro atoms. The minimum absolute atomic E-state index is 0.134. The standard InChI is InChI=1S/C10H12F2N2O3/c1-2-17-8(16)4-6-9(10(11)12)5(13)3-7(15)14-6/h3,10H,2,4H2,1H3,(H3,13,14,15). The third kappa shape index (κ3) is 3.27. The summed E-state index contributed by atoms with van der Waals surface area (Å²) in [4.78, 5) is 24.4. The summed E-state index contributed by atoms with van der Waals surface area (Å²) in [5, 5.41) is 0. The molecule has 1 rings (SSSR count). The Kier molecular flexibility index (Phi) is 4.19. The molecule has 7 heteroatoms. The van der Waals surface area contributed by atoms with Gasteiger partial charge in [0.05, 0.1) is 18.6 Å². The molecule has 0 aliphatic heterocycles. The van der Waals surface area contributed by atoms with Gasteiger partial charge in [-0.1, -0.05) is 0 Å². The largest absolute Gasteiger partial charge is 0.466 e. The molecule has 94 valence electrons. The van der Waals surface area contributed by atoms with Gasteiger partial charge in [0.1, 0.15) is 0 Å². The number of hydrogen-bond acceptors (Lipinski definition) is 4. The van der Waals surface area contributed by atoms with Crippen molar-refractivity contribution in [2.45, 2.75) is 19.8 Å². The van der Waals surface area contributed by atoms with Gasteiger partial charge in [0.2, 0.25) is 5.56 Å². The number of aromatic nitrogens is 1. The Morgan fingerprint density at radius 1 is 1.59 bits per heavy atom. The summed E-state index contributed by atoms with van der Waals surface area (Å²) in [6.07, 6.45) is -3.30. The second kappa shape index (κ2) is 5.42. The van der Waals surface area contributed by atoms with E-state index in [9.17, 15) is 18.4 Å². The van der Waals surface area contributed by atoms with Crippen LogP contribution in [-0.2, 0) is 16.0 Å². The van der Waals surface area contributed by atoms with E-state index in [4.69, 9.17) is 5.73 Å². The van der Waals surface area contributed by atoms with Crippen LogP contribution in [0.5, 0.6) is 0 Å². The van der Waals surface area contributed by atoms with Crippen molar-refractivity contribution in [3.8, 4) is 0 Å². The number of pyridine rings is 1. The SMILES string of the molecule is CCOC(=O)Cc1[nH]c(=O)cc(N)c1C(F)F. The zero-order chi connectivity index (χ0) is 13.0. The predicted octanol–water partition coefficient (Wildman–Crippen LogP) is 1.00. The number of hydrogen-bond donors (Lipinski definition) is 2. The number of nitrogens with two attached hydrogens (primary N) is 1. The average Bonchev–Trinajstić information content (AvgIpc) is 2.15. The van der Waals surface area contributed by atoms with Crippen molar-refractivity contribution < 1.29 is 18.3 Å². The molecule has 0 amide bonds. The lowest BCUT2D eigenvalue weighted by Gasteiger charge is -2.10. The number of carbonyl (C=O) groups is 1. The number of nitrogen functional groups attached to an aromatic ring is 1. The van der Waals surface area contributed by atoms with Gasteiger partial charge in [-0.25, -0.2) is 8.78 Å². The highest BCUT2D eigenvalue weighted by Crippen LogP contribution is 2.26. The summed E-state index contributed by atoms with van der Waals surface area (Å²) >= 11 is 0. The molecule has 0 aliphatic rings. The van der Waals surface area contributed by atoms with E-state index >= 15 is 0 Å². The van der Waals surface area contributed by atoms with E-state index in [2.05, 4.69) is 9.72 Å². The van der Waals surface area contributed by atoms with Gasteiger partial charge >= 0.3 is 5.97 Å². The number of aromatic amines is 1. The first-order valence-electron chi connectivity index (χ1n) is 4.91. The van der Waals surface area contributed by atoms with Crippen LogP contribution < -0.4 is 11.3 Å². The molecule has 0 atom stereocenters. The summed E-state index contributed by atoms with van der Waals surface area (Å²) in [7, 11) is 0. The molecule has 17 heavy (non-hydrogen) atoms. The van der Waals surface area contributed by atoms with Gasteiger partial charge < -0.3 is 15.5 Å². The van der Waals surface area contributed by atoms with Crippen LogP contribution in [0.4, 0.5) is 14.5 Å². The van der Waals surface area contributed by atoms with Crippen molar-refractivity contribution in [2.24, 2.45) is 0 Å². The smallest absolute Gasteiger partial charge is 0.311 e. The van der Waals surface area contributed by atoms with Crippen molar-refractivity contribution in [3.05, 3.63) is 27.7 Å². The molecular weight excluding hydrogens is 234 g/mol. The quantitative estimate of drug-likeness (QED) is 0.776. The van der Waals surface area contributed by atoms with Crippen molar-refractivity contribution in [1.29, 1.82) is 0 Å². The summed E-state index contributed by atoms with van der Waals surface area (Å²) in [5.41, 5.74) is 3.62. The van der Waals surface area contributed by atoms with E-state index in [0.717, 1.165) is 6.07 Å². The van der Waals surface area contributed by atoms with Gasteiger partial charge in [-0.2, -0.15) is 0 Å². The molecule has 0 radical (unpaired) electrons.